The summed E-state index contributed by atoms with van der Waals surface area (Å²) in [6.07, 6.45) is 0. The lowest BCUT2D eigenvalue weighted by Crippen LogP contribution is -2.21. The van der Waals surface area contributed by atoms with Gasteiger partial charge in [0.05, 0.1) is 12.8 Å². The zero-order chi connectivity index (χ0) is 15.4. The third kappa shape index (κ3) is 3.46. The van der Waals surface area contributed by atoms with Crippen molar-refractivity contribution in [3.05, 3.63) is 53.6 Å². The number of nitrogens with one attached hydrogen (secondary N) is 1. The number of ether oxygens (including phenoxy) is 1. The third-order valence-electron chi connectivity index (χ3n) is 2.58. The van der Waals surface area contributed by atoms with Crippen LogP contribution in [0.25, 0.3) is 0 Å². The van der Waals surface area contributed by atoms with E-state index in [0.29, 0.717) is 6.07 Å². The smallest absolute Gasteiger partial charge is 0.274 e. The minimum absolute atomic E-state index is 0.0734. The molecule has 0 aliphatic heterocycles. The minimum atomic E-state index is -0.874. The second-order valence-corrected chi connectivity index (χ2v) is 4.06. The molecule has 0 bridgehead atoms. The molecule has 0 heterocycles. The Bertz CT molecular complexity index is 677. The molecule has 7 heteroatoms. The highest BCUT2D eigenvalue weighted by Crippen LogP contribution is 2.30. The molecule has 0 aliphatic carbocycles. The fourth-order valence-electron chi connectivity index (χ4n) is 1.59. The molecule has 2 rings (SSSR count). The van der Waals surface area contributed by atoms with E-state index >= 15 is 0 Å². The first kappa shape index (κ1) is 14.7. The van der Waals surface area contributed by atoms with E-state index in [9.17, 15) is 13.6 Å². The molecule has 110 valence electrons. The van der Waals surface area contributed by atoms with Crippen molar-refractivity contribution in [2.75, 3.05) is 12.8 Å². The van der Waals surface area contributed by atoms with Crippen molar-refractivity contribution in [2.24, 2.45) is 0 Å². The lowest BCUT2D eigenvalue weighted by molar-refractivity contribution is 0.0537. The van der Waals surface area contributed by atoms with Gasteiger partial charge in [-0.2, -0.15) is 0 Å². The molecule has 3 N–H and O–H groups in total. The van der Waals surface area contributed by atoms with Crippen molar-refractivity contribution >= 4 is 11.6 Å². The summed E-state index contributed by atoms with van der Waals surface area (Å²) in [5, 5.41) is 0. The van der Waals surface area contributed by atoms with Crippen LogP contribution in [0.15, 0.2) is 36.4 Å². The first-order valence-corrected chi connectivity index (χ1v) is 5.87. The molecule has 21 heavy (non-hydrogen) atoms. The van der Waals surface area contributed by atoms with E-state index < -0.39 is 17.5 Å². The van der Waals surface area contributed by atoms with E-state index in [0.717, 1.165) is 12.1 Å². The zero-order valence-electron chi connectivity index (χ0n) is 11.0. The molecule has 2 aromatic carbocycles. The van der Waals surface area contributed by atoms with Crippen LogP contribution < -0.4 is 16.0 Å². The number of amides is 1. The monoisotopic (exact) mass is 294 g/mol. The molecule has 0 atom stereocenters. The summed E-state index contributed by atoms with van der Waals surface area (Å²) >= 11 is 0. The zero-order valence-corrected chi connectivity index (χ0v) is 11.0. The van der Waals surface area contributed by atoms with Crippen LogP contribution in [0, 0.1) is 11.6 Å². The second-order valence-electron chi connectivity index (χ2n) is 4.06. The Kier molecular flexibility index (Phi) is 4.34. The summed E-state index contributed by atoms with van der Waals surface area (Å²) in [4.78, 5) is 16.1. The van der Waals surface area contributed by atoms with Crippen molar-refractivity contribution in [3.8, 4) is 11.5 Å². The van der Waals surface area contributed by atoms with Crippen LogP contribution in [0.5, 0.6) is 11.5 Å². The minimum Gasteiger partial charge on any atom is -0.452 e. The van der Waals surface area contributed by atoms with Crippen LogP contribution >= 0.6 is 0 Å². The number of hydrogen-bond donors (Lipinski definition) is 2. The van der Waals surface area contributed by atoms with Crippen LogP contribution in [-0.2, 0) is 4.84 Å². The van der Waals surface area contributed by atoms with Gasteiger partial charge in [-0.05, 0) is 30.3 Å². The summed E-state index contributed by atoms with van der Waals surface area (Å²) in [7, 11) is 1.29. The maximum atomic E-state index is 13.5. The number of nitrogens with two attached hydrogens (primary N) is 1. The topological polar surface area (TPSA) is 73.6 Å². The fourth-order valence-corrected chi connectivity index (χ4v) is 1.59. The second kappa shape index (κ2) is 6.19. The van der Waals surface area contributed by atoms with Crippen molar-refractivity contribution in [1.82, 2.24) is 5.48 Å². The van der Waals surface area contributed by atoms with Gasteiger partial charge in [0.2, 0.25) is 0 Å². The number of benzene rings is 2. The number of hydrogen-bond acceptors (Lipinski definition) is 4. The predicted octanol–water partition coefficient (Wildman–Crippen LogP) is 2.63. The largest absolute Gasteiger partial charge is 0.452 e. The van der Waals surface area contributed by atoms with Gasteiger partial charge in [-0.3, -0.25) is 9.63 Å². The van der Waals surface area contributed by atoms with Gasteiger partial charge in [0, 0.05) is 11.6 Å². The Morgan fingerprint density at radius 2 is 1.90 bits per heavy atom. The van der Waals surface area contributed by atoms with Crippen molar-refractivity contribution in [3.63, 3.8) is 0 Å². The first-order valence-electron chi connectivity index (χ1n) is 5.87. The maximum Gasteiger partial charge on any atom is 0.274 e. The fraction of sp³-hybridized carbons (Fsp3) is 0.0714. The Morgan fingerprint density at radius 3 is 2.57 bits per heavy atom. The highest BCUT2D eigenvalue weighted by molar-refractivity contribution is 5.94. The van der Waals surface area contributed by atoms with Gasteiger partial charge in [0.25, 0.3) is 5.91 Å². The molecule has 5 nitrogen and oxygen atoms in total. The number of anilines is 1. The summed E-state index contributed by atoms with van der Waals surface area (Å²) < 4.78 is 31.7. The molecule has 0 unspecified atom stereocenters. The SMILES string of the molecule is CONC(=O)c1ccc(N)c(Oc2ccc(F)cc2F)c1. The number of nitrogen functional groups attached to an aromatic ring is 1. The molecule has 0 fully saturated rings. The van der Waals surface area contributed by atoms with Crippen LogP contribution in [0.1, 0.15) is 10.4 Å². The molecular formula is C14H12F2N2O3. The normalized spacial score (nSPS) is 10.2. The number of carbonyl (C=O) groups is 1. The lowest BCUT2D eigenvalue weighted by atomic mass is 10.2. The molecular weight excluding hydrogens is 282 g/mol. The van der Waals surface area contributed by atoms with E-state index in [-0.39, 0.29) is 22.7 Å². The summed E-state index contributed by atoms with van der Waals surface area (Å²) in [6.45, 7) is 0. The van der Waals surface area contributed by atoms with Crippen LogP contribution in [0.2, 0.25) is 0 Å². The Morgan fingerprint density at radius 1 is 1.14 bits per heavy atom. The molecule has 0 saturated heterocycles. The molecule has 0 aromatic heterocycles. The van der Waals surface area contributed by atoms with Gasteiger partial charge >= 0.3 is 0 Å². The highest BCUT2D eigenvalue weighted by Gasteiger charge is 2.12. The van der Waals surface area contributed by atoms with E-state index in [1.165, 1.54) is 25.3 Å². The molecule has 2 aromatic rings. The van der Waals surface area contributed by atoms with Gasteiger partial charge in [0.1, 0.15) is 5.82 Å². The van der Waals surface area contributed by atoms with Crippen molar-refractivity contribution < 1.29 is 23.1 Å². The van der Waals surface area contributed by atoms with Gasteiger partial charge in [-0.1, -0.05) is 0 Å². The molecule has 0 radical (unpaired) electrons. The van der Waals surface area contributed by atoms with Crippen molar-refractivity contribution in [1.29, 1.82) is 0 Å². The number of halogens is 2. The molecule has 0 aliphatic rings. The quantitative estimate of drug-likeness (QED) is 0.671. The van der Waals surface area contributed by atoms with Crippen LogP contribution in [-0.4, -0.2) is 13.0 Å². The van der Waals surface area contributed by atoms with Gasteiger partial charge < -0.3 is 10.5 Å². The number of carbonyl (C=O) groups excluding carboxylic acids is 1. The Labute approximate surface area is 119 Å². The summed E-state index contributed by atoms with van der Waals surface area (Å²) in [5.41, 5.74) is 8.25. The van der Waals surface area contributed by atoms with Gasteiger partial charge in [0.15, 0.2) is 17.3 Å². The Hall–Kier alpha value is -2.67. The van der Waals surface area contributed by atoms with E-state index in [2.05, 4.69) is 10.3 Å². The molecule has 0 spiro atoms. The van der Waals surface area contributed by atoms with E-state index in [1.54, 1.807) is 0 Å². The van der Waals surface area contributed by atoms with Crippen LogP contribution in [0.4, 0.5) is 14.5 Å². The van der Waals surface area contributed by atoms with E-state index in [4.69, 9.17) is 10.5 Å². The van der Waals surface area contributed by atoms with Crippen LogP contribution in [0.3, 0.4) is 0 Å². The standard InChI is InChI=1S/C14H12F2N2O3/c1-20-18-14(19)8-2-4-11(17)13(6-8)21-12-5-3-9(15)7-10(12)16/h2-7H,17H2,1H3,(H,18,19). The summed E-state index contributed by atoms with van der Waals surface area (Å²) in [5.74, 6) is -2.24. The average molecular weight is 294 g/mol. The third-order valence-corrected chi connectivity index (χ3v) is 2.58. The van der Waals surface area contributed by atoms with Gasteiger partial charge in [-0.25, -0.2) is 14.3 Å². The van der Waals surface area contributed by atoms with Gasteiger partial charge in [-0.15, -0.1) is 0 Å². The molecule has 0 saturated carbocycles. The predicted molar refractivity (Wildman–Crippen MR) is 71.8 cm³/mol. The van der Waals surface area contributed by atoms with Crippen molar-refractivity contribution in [2.45, 2.75) is 0 Å². The van der Waals surface area contributed by atoms with E-state index in [1.807, 2.05) is 0 Å². The average Bonchev–Trinajstić information content (AvgIpc) is 2.44. The highest BCUT2D eigenvalue weighted by atomic mass is 19.1. The Balaban J connectivity index is 2.30. The summed E-state index contributed by atoms with van der Waals surface area (Å²) in [6, 6.07) is 7.08. The molecule has 1 amide bonds. The lowest BCUT2D eigenvalue weighted by Gasteiger charge is -2.11. The first-order chi connectivity index (χ1) is 10.0. The number of rotatable bonds is 4. The number of hydroxylamine groups is 1. The maximum absolute atomic E-state index is 13.5.